The Morgan fingerprint density at radius 3 is 2.75 bits per heavy atom. The van der Waals surface area contributed by atoms with Crippen LogP contribution in [0.25, 0.3) is 0 Å². The Kier molecular flexibility index (Phi) is 3.33. The zero-order valence-electron chi connectivity index (χ0n) is 6.03. The maximum Gasteiger partial charge on any atom is 0.128 e. The molecule has 1 aromatic carbocycles. The van der Waals surface area contributed by atoms with Crippen molar-refractivity contribution in [2.75, 3.05) is 0 Å². The van der Waals surface area contributed by atoms with Crippen LogP contribution in [0.5, 0.6) is 0 Å². The first kappa shape index (κ1) is 9.31. The molecular weight excluding hydrogens is 183 g/mol. The number of rotatable bonds is 3. The van der Waals surface area contributed by atoms with Crippen LogP contribution in [0.3, 0.4) is 0 Å². The van der Waals surface area contributed by atoms with Crippen molar-refractivity contribution < 1.29 is 17.3 Å². The van der Waals surface area contributed by atoms with Crippen molar-refractivity contribution in [2.45, 2.75) is 6.61 Å². The minimum atomic E-state index is -2.59. The Morgan fingerprint density at radius 1 is 1.50 bits per heavy atom. The van der Waals surface area contributed by atoms with Crippen LogP contribution in [0.1, 0.15) is 5.56 Å². The summed E-state index contributed by atoms with van der Waals surface area (Å²) in [7, 11) is 0. The molecule has 0 radical (unpaired) electrons. The third kappa shape index (κ3) is 2.69. The zero-order valence-corrected chi connectivity index (χ0v) is 6.84. The van der Waals surface area contributed by atoms with Gasteiger partial charge in [-0.05, 0) is 6.07 Å². The Labute approximate surface area is 71.7 Å². The van der Waals surface area contributed by atoms with Gasteiger partial charge in [-0.3, -0.25) is 4.18 Å². The van der Waals surface area contributed by atoms with Gasteiger partial charge in [0.15, 0.2) is 0 Å². The van der Waals surface area contributed by atoms with E-state index in [0.717, 1.165) is 0 Å². The zero-order chi connectivity index (χ0) is 8.97. The highest BCUT2D eigenvalue weighted by Gasteiger charge is 1.99. The molecule has 1 unspecified atom stereocenters. The fourth-order valence-corrected chi connectivity index (χ4v) is 0.950. The summed E-state index contributed by atoms with van der Waals surface area (Å²) in [5, 5.41) is 0. The fourth-order valence-electron chi connectivity index (χ4n) is 0.727. The lowest BCUT2D eigenvalue weighted by Crippen LogP contribution is -1.98. The predicted molar refractivity (Wildman–Crippen MR) is 40.1 cm³/mol. The number of halogens is 1. The maximum atomic E-state index is 12.8. The van der Waals surface area contributed by atoms with Crippen molar-refractivity contribution in [2.24, 2.45) is 0 Å². The molecular formula is C7H6FO3S-. The van der Waals surface area contributed by atoms with E-state index in [-0.39, 0.29) is 12.2 Å². The summed E-state index contributed by atoms with van der Waals surface area (Å²) in [6.07, 6.45) is 0. The summed E-state index contributed by atoms with van der Waals surface area (Å²) in [5.74, 6) is -0.469. The molecule has 0 spiro atoms. The lowest BCUT2D eigenvalue weighted by molar-refractivity contribution is 0.286. The number of hydrogen-bond donors (Lipinski definition) is 0. The van der Waals surface area contributed by atoms with Gasteiger partial charge in [-0.1, -0.05) is 18.2 Å². The van der Waals surface area contributed by atoms with E-state index in [4.69, 9.17) is 0 Å². The summed E-state index contributed by atoms with van der Waals surface area (Å²) < 4.78 is 36.8. The van der Waals surface area contributed by atoms with Gasteiger partial charge < -0.3 is 4.55 Å². The van der Waals surface area contributed by atoms with Crippen molar-refractivity contribution in [1.29, 1.82) is 0 Å². The van der Waals surface area contributed by atoms with Gasteiger partial charge in [0.1, 0.15) is 5.82 Å². The standard InChI is InChI=1S/C7H7FO3S/c8-7-4-2-1-3-6(7)5-11-12(9)10/h1-4H,5H2,(H,9,10)/p-1. The molecule has 3 nitrogen and oxygen atoms in total. The Hall–Kier alpha value is -0.780. The van der Waals surface area contributed by atoms with Gasteiger partial charge in [0.2, 0.25) is 0 Å². The van der Waals surface area contributed by atoms with Crippen LogP contribution in [0.15, 0.2) is 24.3 Å². The molecule has 1 rings (SSSR count). The number of benzene rings is 1. The van der Waals surface area contributed by atoms with Gasteiger partial charge >= 0.3 is 0 Å². The smallest absolute Gasteiger partial charge is 0.128 e. The van der Waals surface area contributed by atoms with Crippen molar-refractivity contribution in [1.82, 2.24) is 0 Å². The average Bonchev–Trinajstić information content (AvgIpc) is 2.03. The molecule has 12 heavy (non-hydrogen) atoms. The third-order valence-corrected chi connectivity index (χ3v) is 1.58. The summed E-state index contributed by atoms with van der Waals surface area (Å²) >= 11 is -2.59. The van der Waals surface area contributed by atoms with Gasteiger partial charge in [-0.25, -0.2) is 8.60 Å². The highest BCUT2D eigenvalue weighted by molar-refractivity contribution is 7.74. The van der Waals surface area contributed by atoms with E-state index in [1.54, 1.807) is 6.07 Å². The third-order valence-electron chi connectivity index (χ3n) is 1.27. The first-order valence-corrected chi connectivity index (χ1v) is 4.16. The lowest BCUT2D eigenvalue weighted by Gasteiger charge is -2.05. The molecule has 0 heterocycles. The van der Waals surface area contributed by atoms with E-state index in [9.17, 15) is 13.2 Å². The molecule has 0 amide bonds. The van der Waals surface area contributed by atoms with E-state index < -0.39 is 17.2 Å². The van der Waals surface area contributed by atoms with Crippen LogP contribution in [0.4, 0.5) is 4.39 Å². The minimum absolute atomic E-state index is 0.224. The van der Waals surface area contributed by atoms with E-state index >= 15 is 0 Å². The minimum Gasteiger partial charge on any atom is -0.750 e. The molecule has 1 aromatic rings. The molecule has 66 valence electrons. The Bertz CT molecular complexity index is 290. The van der Waals surface area contributed by atoms with Gasteiger partial charge in [-0.15, -0.1) is 0 Å². The van der Waals surface area contributed by atoms with E-state index in [0.29, 0.717) is 0 Å². The van der Waals surface area contributed by atoms with Gasteiger partial charge in [0, 0.05) is 5.56 Å². The fraction of sp³-hybridized carbons (Fsp3) is 0.143. The van der Waals surface area contributed by atoms with Gasteiger partial charge in [0.25, 0.3) is 0 Å². The second kappa shape index (κ2) is 4.30. The summed E-state index contributed by atoms with van der Waals surface area (Å²) in [6, 6.07) is 5.83. The monoisotopic (exact) mass is 189 g/mol. The first-order chi connectivity index (χ1) is 5.70. The van der Waals surface area contributed by atoms with Gasteiger partial charge in [-0.2, -0.15) is 0 Å². The predicted octanol–water partition coefficient (Wildman–Crippen LogP) is 1.14. The van der Waals surface area contributed by atoms with Crippen LogP contribution in [-0.4, -0.2) is 8.76 Å². The maximum absolute atomic E-state index is 12.8. The molecule has 0 saturated heterocycles. The average molecular weight is 189 g/mol. The first-order valence-electron chi connectivity index (χ1n) is 3.16. The molecule has 1 atom stereocenters. The van der Waals surface area contributed by atoms with Crippen molar-refractivity contribution in [3.05, 3.63) is 35.6 Å². The van der Waals surface area contributed by atoms with E-state index in [2.05, 4.69) is 4.18 Å². The normalized spacial score (nSPS) is 12.8. The summed E-state index contributed by atoms with van der Waals surface area (Å²) in [4.78, 5) is 0. The molecule has 5 heteroatoms. The molecule has 0 aliphatic heterocycles. The second-order valence-electron chi connectivity index (χ2n) is 2.06. The molecule has 0 saturated carbocycles. The molecule has 0 N–H and O–H groups in total. The van der Waals surface area contributed by atoms with E-state index in [1.165, 1.54) is 18.2 Å². The molecule has 0 aliphatic rings. The largest absolute Gasteiger partial charge is 0.750 e. The molecule has 0 aliphatic carbocycles. The second-order valence-corrected chi connectivity index (χ2v) is 2.70. The topological polar surface area (TPSA) is 49.4 Å². The van der Waals surface area contributed by atoms with Crippen LogP contribution < -0.4 is 0 Å². The summed E-state index contributed by atoms with van der Waals surface area (Å²) in [5.41, 5.74) is 0.224. The number of hydrogen-bond acceptors (Lipinski definition) is 3. The highest BCUT2D eigenvalue weighted by Crippen LogP contribution is 2.07. The van der Waals surface area contributed by atoms with Crippen LogP contribution in [-0.2, 0) is 22.2 Å². The Morgan fingerprint density at radius 2 is 2.17 bits per heavy atom. The van der Waals surface area contributed by atoms with E-state index in [1.807, 2.05) is 0 Å². The summed E-state index contributed by atoms with van der Waals surface area (Å²) in [6.45, 7) is -0.261. The van der Waals surface area contributed by atoms with Crippen LogP contribution >= 0.6 is 0 Å². The van der Waals surface area contributed by atoms with Crippen molar-refractivity contribution in [3.8, 4) is 0 Å². The van der Waals surface area contributed by atoms with Gasteiger partial charge in [0.05, 0.1) is 18.0 Å². The van der Waals surface area contributed by atoms with Crippen molar-refractivity contribution >= 4 is 11.4 Å². The SMILES string of the molecule is O=S([O-])OCc1ccccc1F. The van der Waals surface area contributed by atoms with Crippen molar-refractivity contribution in [3.63, 3.8) is 0 Å². The molecule has 0 fully saturated rings. The van der Waals surface area contributed by atoms with Crippen LogP contribution in [0.2, 0.25) is 0 Å². The van der Waals surface area contributed by atoms with Crippen LogP contribution in [0, 0.1) is 5.82 Å². The quantitative estimate of drug-likeness (QED) is 0.670. The molecule has 0 aromatic heterocycles. The Balaban J connectivity index is 2.63. The lowest BCUT2D eigenvalue weighted by atomic mass is 10.2. The highest BCUT2D eigenvalue weighted by atomic mass is 32.2. The molecule has 0 bridgehead atoms.